The maximum atomic E-state index is 13.2. The summed E-state index contributed by atoms with van der Waals surface area (Å²) in [6.45, 7) is 0.407. The van der Waals surface area contributed by atoms with Crippen LogP contribution in [0.25, 0.3) is 0 Å². The lowest BCUT2D eigenvalue weighted by atomic mass is 9.87. The van der Waals surface area contributed by atoms with Gasteiger partial charge in [-0.1, -0.05) is 34.1 Å². The van der Waals surface area contributed by atoms with Crippen molar-refractivity contribution in [1.82, 2.24) is 4.31 Å². The Morgan fingerprint density at radius 2 is 1.54 bits per heavy atom. The van der Waals surface area contributed by atoms with Crippen LogP contribution in [0.2, 0.25) is 0 Å². The smallest absolute Gasteiger partial charge is 0.207 e. The van der Waals surface area contributed by atoms with E-state index in [9.17, 15) is 21.6 Å². The van der Waals surface area contributed by atoms with Crippen LogP contribution < -0.4 is 0 Å². The molecule has 0 aromatic heterocycles. The lowest BCUT2D eigenvalue weighted by Crippen LogP contribution is -2.38. The largest absolute Gasteiger partial charge is 0.416 e. The van der Waals surface area contributed by atoms with Crippen molar-refractivity contribution in [1.29, 1.82) is 0 Å². The topological polar surface area (TPSA) is 37.4 Å². The van der Waals surface area contributed by atoms with Crippen molar-refractivity contribution in [2.24, 2.45) is 0 Å². The van der Waals surface area contributed by atoms with Crippen LogP contribution in [-0.2, 0) is 16.2 Å². The molecule has 1 aliphatic heterocycles. The molecule has 0 unspecified atom stereocenters. The molecular weight excluding hydrogens is 431 g/mol. The first-order chi connectivity index (χ1) is 12.2. The van der Waals surface area contributed by atoms with Crippen molar-refractivity contribution in [3.63, 3.8) is 0 Å². The van der Waals surface area contributed by atoms with Gasteiger partial charge in [0.1, 0.15) is 0 Å². The van der Waals surface area contributed by atoms with Crippen molar-refractivity contribution in [3.05, 3.63) is 64.1 Å². The quantitative estimate of drug-likeness (QED) is 0.660. The van der Waals surface area contributed by atoms with Gasteiger partial charge in [0.05, 0.1) is 10.5 Å². The Balaban J connectivity index is 1.77. The molecule has 0 aliphatic carbocycles. The van der Waals surface area contributed by atoms with E-state index in [-0.39, 0.29) is 29.5 Å². The average molecular weight is 448 g/mol. The molecule has 3 rings (SSSR count). The van der Waals surface area contributed by atoms with Gasteiger partial charge in [-0.2, -0.15) is 17.5 Å². The molecule has 0 radical (unpaired) electrons. The summed E-state index contributed by atoms with van der Waals surface area (Å²) in [7, 11) is -3.63. The number of hydrogen-bond acceptors (Lipinski definition) is 2. The van der Waals surface area contributed by atoms with Crippen molar-refractivity contribution >= 4 is 26.0 Å². The van der Waals surface area contributed by atoms with E-state index in [1.165, 1.54) is 28.6 Å². The summed E-state index contributed by atoms with van der Waals surface area (Å²) in [6.07, 6.45) is -3.68. The Morgan fingerprint density at radius 1 is 0.962 bits per heavy atom. The van der Waals surface area contributed by atoms with E-state index < -0.39 is 21.8 Å². The lowest BCUT2D eigenvalue weighted by Gasteiger charge is -2.32. The van der Waals surface area contributed by atoms with Crippen LogP contribution >= 0.6 is 15.9 Å². The highest BCUT2D eigenvalue weighted by molar-refractivity contribution is 9.10. The van der Waals surface area contributed by atoms with Gasteiger partial charge >= 0.3 is 6.18 Å². The molecule has 0 amide bonds. The zero-order valence-electron chi connectivity index (χ0n) is 13.7. The minimum Gasteiger partial charge on any atom is -0.207 e. The van der Waals surface area contributed by atoms with E-state index in [0.29, 0.717) is 12.8 Å². The number of rotatable bonds is 3. The molecule has 0 spiro atoms. The summed E-state index contributed by atoms with van der Waals surface area (Å²) in [4.78, 5) is 0.190. The second-order valence-electron chi connectivity index (χ2n) is 6.22. The number of hydrogen-bond donors (Lipinski definition) is 0. The molecular formula is C18H17BrF3NO2S. The fraction of sp³-hybridized carbons (Fsp3) is 0.333. The Morgan fingerprint density at radius 3 is 2.12 bits per heavy atom. The van der Waals surface area contributed by atoms with Gasteiger partial charge in [-0.25, -0.2) is 8.42 Å². The molecule has 26 heavy (non-hydrogen) atoms. The highest BCUT2D eigenvalue weighted by Crippen LogP contribution is 2.39. The minimum absolute atomic E-state index is 0.190. The zero-order valence-corrected chi connectivity index (χ0v) is 16.1. The third-order valence-electron chi connectivity index (χ3n) is 4.61. The van der Waals surface area contributed by atoms with E-state index in [0.717, 1.165) is 10.5 Å². The van der Waals surface area contributed by atoms with Crippen LogP contribution in [0, 0.1) is 0 Å². The standard InChI is InChI=1S/C18H17BrF3NO2S/c19-14-5-7-15(8-6-14)26(24,25)23-11-9-13(10-12-23)16-3-1-2-4-17(16)18(20,21)22/h1-8,13H,9-12H2. The van der Waals surface area contributed by atoms with Crippen LogP contribution in [0.4, 0.5) is 13.2 Å². The van der Waals surface area contributed by atoms with Crippen molar-refractivity contribution < 1.29 is 21.6 Å². The molecule has 0 N–H and O–H groups in total. The number of alkyl halides is 3. The second kappa shape index (κ2) is 7.32. The maximum absolute atomic E-state index is 13.2. The predicted octanol–water partition coefficient (Wildman–Crippen LogP) is 5.04. The predicted molar refractivity (Wildman–Crippen MR) is 96.3 cm³/mol. The van der Waals surface area contributed by atoms with Gasteiger partial charge < -0.3 is 0 Å². The highest BCUT2D eigenvalue weighted by Gasteiger charge is 2.37. The molecule has 140 valence electrons. The first-order valence-corrected chi connectivity index (χ1v) is 10.3. The Bertz CT molecular complexity index is 874. The molecule has 2 aromatic rings. The molecule has 2 aromatic carbocycles. The normalized spacial score (nSPS) is 17.4. The summed E-state index contributed by atoms with van der Waals surface area (Å²) in [5.74, 6) is -0.302. The Hall–Kier alpha value is -1.38. The SMILES string of the molecule is O=S(=O)(c1ccc(Br)cc1)N1CCC(c2ccccc2C(F)(F)F)CC1. The number of halogens is 4. The van der Waals surface area contributed by atoms with Gasteiger partial charge in [-0.3, -0.25) is 0 Å². The first kappa shape index (κ1) is 19.4. The van der Waals surface area contributed by atoms with E-state index in [1.807, 2.05) is 0 Å². The summed E-state index contributed by atoms with van der Waals surface area (Å²) in [6, 6.07) is 11.9. The fourth-order valence-corrected chi connectivity index (χ4v) is 5.01. The zero-order chi connectivity index (χ0) is 18.9. The van der Waals surface area contributed by atoms with Crippen LogP contribution in [0.5, 0.6) is 0 Å². The van der Waals surface area contributed by atoms with Gasteiger partial charge in [0.2, 0.25) is 10.0 Å². The number of nitrogens with zero attached hydrogens (tertiary/aromatic N) is 1. The third kappa shape index (κ3) is 3.97. The van der Waals surface area contributed by atoms with Gasteiger partial charge in [0, 0.05) is 17.6 Å². The summed E-state index contributed by atoms with van der Waals surface area (Å²) in [5.41, 5.74) is -0.380. The maximum Gasteiger partial charge on any atom is 0.416 e. The van der Waals surface area contributed by atoms with Crippen LogP contribution in [-0.4, -0.2) is 25.8 Å². The van der Waals surface area contributed by atoms with Crippen molar-refractivity contribution in [2.45, 2.75) is 29.8 Å². The monoisotopic (exact) mass is 447 g/mol. The number of benzene rings is 2. The first-order valence-electron chi connectivity index (χ1n) is 8.11. The van der Waals surface area contributed by atoms with E-state index in [4.69, 9.17) is 0 Å². The van der Waals surface area contributed by atoms with Gasteiger partial charge in [0.25, 0.3) is 0 Å². The van der Waals surface area contributed by atoms with Crippen molar-refractivity contribution in [2.75, 3.05) is 13.1 Å². The van der Waals surface area contributed by atoms with Crippen LogP contribution in [0.1, 0.15) is 29.9 Å². The summed E-state index contributed by atoms with van der Waals surface area (Å²) < 4.78 is 67.2. The molecule has 3 nitrogen and oxygen atoms in total. The molecule has 1 heterocycles. The minimum atomic E-state index is -4.41. The molecule has 0 atom stereocenters. The van der Waals surface area contributed by atoms with Gasteiger partial charge in [0.15, 0.2) is 0 Å². The Labute approximate surface area is 159 Å². The second-order valence-corrected chi connectivity index (χ2v) is 9.07. The molecule has 8 heteroatoms. The Kier molecular flexibility index (Phi) is 5.46. The summed E-state index contributed by atoms with van der Waals surface area (Å²) in [5, 5.41) is 0. The molecule has 1 saturated heterocycles. The average Bonchev–Trinajstić information content (AvgIpc) is 2.61. The summed E-state index contributed by atoms with van der Waals surface area (Å²) >= 11 is 3.26. The fourth-order valence-electron chi connectivity index (χ4n) is 3.27. The molecule has 1 aliphatic rings. The van der Waals surface area contributed by atoms with E-state index >= 15 is 0 Å². The third-order valence-corrected chi connectivity index (χ3v) is 7.05. The van der Waals surface area contributed by atoms with Gasteiger partial charge in [-0.15, -0.1) is 0 Å². The van der Waals surface area contributed by atoms with E-state index in [1.54, 1.807) is 18.2 Å². The lowest BCUT2D eigenvalue weighted by molar-refractivity contribution is -0.138. The number of piperidine rings is 1. The molecule has 0 bridgehead atoms. The van der Waals surface area contributed by atoms with Crippen LogP contribution in [0.3, 0.4) is 0 Å². The van der Waals surface area contributed by atoms with Crippen LogP contribution in [0.15, 0.2) is 57.9 Å². The van der Waals surface area contributed by atoms with Gasteiger partial charge in [-0.05, 0) is 54.7 Å². The van der Waals surface area contributed by atoms with E-state index in [2.05, 4.69) is 15.9 Å². The highest BCUT2D eigenvalue weighted by atomic mass is 79.9. The van der Waals surface area contributed by atoms with Crippen molar-refractivity contribution in [3.8, 4) is 0 Å². The molecule has 1 fully saturated rings. The number of sulfonamides is 1. The molecule has 0 saturated carbocycles.